The third-order valence-electron chi connectivity index (χ3n) is 4.21. The molecular formula is C18H15FO5. The molecule has 1 fully saturated rings. The fraction of sp³-hybridized carbons (Fsp3) is 0.278. The molecule has 1 saturated heterocycles. The lowest BCUT2D eigenvalue weighted by Gasteiger charge is -2.23. The molecule has 2 heterocycles. The summed E-state index contributed by atoms with van der Waals surface area (Å²) in [6.07, 6.45) is 1.24. The van der Waals surface area contributed by atoms with Gasteiger partial charge in [-0.15, -0.1) is 0 Å². The van der Waals surface area contributed by atoms with Crippen LogP contribution >= 0.6 is 0 Å². The van der Waals surface area contributed by atoms with E-state index in [1.807, 2.05) is 0 Å². The fourth-order valence-corrected chi connectivity index (χ4v) is 2.98. The molecule has 4 rings (SSSR count). The number of halogens is 1. The Morgan fingerprint density at radius 2 is 1.88 bits per heavy atom. The van der Waals surface area contributed by atoms with Gasteiger partial charge in [-0.25, -0.2) is 9.18 Å². The van der Waals surface area contributed by atoms with Crippen LogP contribution in [0, 0.1) is 5.82 Å². The molecule has 124 valence electrons. The SMILES string of the molecule is O=c1oc2cc(O)ccc2c2cc(F)c(OC3CCOCC3)cc12. The van der Waals surface area contributed by atoms with E-state index in [-0.39, 0.29) is 28.6 Å². The second-order valence-corrected chi connectivity index (χ2v) is 5.83. The van der Waals surface area contributed by atoms with Crippen molar-refractivity contribution in [3.63, 3.8) is 0 Å². The van der Waals surface area contributed by atoms with Gasteiger partial charge in [-0.3, -0.25) is 0 Å². The van der Waals surface area contributed by atoms with E-state index in [1.165, 1.54) is 24.3 Å². The van der Waals surface area contributed by atoms with Crippen LogP contribution in [-0.4, -0.2) is 24.4 Å². The van der Waals surface area contributed by atoms with Crippen molar-refractivity contribution in [2.45, 2.75) is 18.9 Å². The minimum Gasteiger partial charge on any atom is -0.508 e. The molecule has 0 radical (unpaired) electrons. The predicted molar refractivity (Wildman–Crippen MR) is 86.1 cm³/mol. The monoisotopic (exact) mass is 330 g/mol. The summed E-state index contributed by atoms with van der Waals surface area (Å²) < 4.78 is 30.7. The van der Waals surface area contributed by atoms with Crippen molar-refractivity contribution < 1.29 is 23.4 Å². The number of benzene rings is 2. The molecule has 1 N–H and O–H groups in total. The molecule has 0 atom stereocenters. The first-order valence-corrected chi connectivity index (χ1v) is 7.75. The smallest absolute Gasteiger partial charge is 0.344 e. The molecule has 1 aliphatic rings. The Bertz CT molecular complexity index is 972. The Hall–Kier alpha value is -2.60. The number of hydrogen-bond donors (Lipinski definition) is 1. The number of rotatable bonds is 2. The first-order valence-electron chi connectivity index (χ1n) is 7.75. The predicted octanol–water partition coefficient (Wildman–Crippen LogP) is 3.35. The molecule has 0 saturated carbocycles. The summed E-state index contributed by atoms with van der Waals surface area (Å²) in [6.45, 7) is 1.16. The van der Waals surface area contributed by atoms with Gasteiger partial charge in [0.05, 0.1) is 18.6 Å². The molecule has 0 bridgehead atoms. The van der Waals surface area contributed by atoms with Crippen LogP contribution in [0.3, 0.4) is 0 Å². The average Bonchev–Trinajstić information content (AvgIpc) is 2.57. The highest BCUT2D eigenvalue weighted by molar-refractivity contribution is 6.04. The largest absolute Gasteiger partial charge is 0.508 e. The van der Waals surface area contributed by atoms with Crippen LogP contribution in [0.1, 0.15) is 12.8 Å². The number of hydrogen-bond acceptors (Lipinski definition) is 5. The number of phenols is 1. The van der Waals surface area contributed by atoms with Gasteiger partial charge in [0.25, 0.3) is 0 Å². The molecule has 1 aliphatic heterocycles. The molecular weight excluding hydrogens is 315 g/mol. The Kier molecular flexibility index (Phi) is 3.61. The Labute approximate surface area is 136 Å². The minimum atomic E-state index is -0.597. The van der Waals surface area contributed by atoms with Gasteiger partial charge in [-0.2, -0.15) is 0 Å². The van der Waals surface area contributed by atoms with E-state index in [9.17, 15) is 14.3 Å². The summed E-state index contributed by atoms with van der Waals surface area (Å²) in [5, 5.41) is 10.7. The summed E-state index contributed by atoms with van der Waals surface area (Å²) in [5.74, 6) is -0.515. The maximum absolute atomic E-state index is 14.5. The zero-order chi connectivity index (χ0) is 16.7. The van der Waals surface area contributed by atoms with E-state index in [0.717, 1.165) is 0 Å². The molecule has 6 heteroatoms. The van der Waals surface area contributed by atoms with Gasteiger partial charge < -0.3 is 19.0 Å². The zero-order valence-corrected chi connectivity index (χ0v) is 12.8. The number of fused-ring (bicyclic) bond motifs is 3. The Balaban J connectivity index is 1.85. The highest BCUT2D eigenvalue weighted by atomic mass is 19.1. The maximum atomic E-state index is 14.5. The highest BCUT2D eigenvalue weighted by Crippen LogP contribution is 2.31. The lowest BCUT2D eigenvalue weighted by Crippen LogP contribution is -2.26. The molecule has 0 unspecified atom stereocenters. The van der Waals surface area contributed by atoms with Crippen LogP contribution in [0.2, 0.25) is 0 Å². The molecule has 2 aromatic carbocycles. The normalized spacial score (nSPS) is 15.9. The van der Waals surface area contributed by atoms with Gasteiger partial charge in [0.1, 0.15) is 17.4 Å². The van der Waals surface area contributed by atoms with Crippen LogP contribution in [-0.2, 0) is 4.74 Å². The Morgan fingerprint density at radius 3 is 2.67 bits per heavy atom. The summed E-state index contributed by atoms with van der Waals surface area (Å²) in [4.78, 5) is 12.2. The van der Waals surface area contributed by atoms with Crippen molar-refractivity contribution >= 4 is 21.7 Å². The van der Waals surface area contributed by atoms with Crippen LogP contribution in [0.5, 0.6) is 11.5 Å². The maximum Gasteiger partial charge on any atom is 0.344 e. The third kappa shape index (κ3) is 2.59. The number of ether oxygens (including phenoxy) is 2. The van der Waals surface area contributed by atoms with Gasteiger partial charge >= 0.3 is 5.63 Å². The molecule has 0 aliphatic carbocycles. The number of aromatic hydroxyl groups is 1. The first-order chi connectivity index (χ1) is 11.6. The quantitative estimate of drug-likeness (QED) is 0.576. The summed E-state index contributed by atoms with van der Waals surface area (Å²) in [6, 6.07) is 7.06. The van der Waals surface area contributed by atoms with E-state index in [2.05, 4.69) is 0 Å². The standard InChI is InChI=1S/C18H15FO5/c19-15-8-13-12-2-1-10(20)7-16(12)24-18(21)14(13)9-17(15)23-11-3-5-22-6-4-11/h1-2,7-9,11,20H,3-6H2. The second-order valence-electron chi connectivity index (χ2n) is 5.83. The van der Waals surface area contributed by atoms with Crippen molar-refractivity contribution in [2.75, 3.05) is 13.2 Å². The lowest BCUT2D eigenvalue weighted by molar-refractivity contribution is 0.0241. The molecule has 24 heavy (non-hydrogen) atoms. The molecule has 0 amide bonds. The molecule has 1 aromatic heterocycles. The molecule has 5 nitrogen and oxygen atoms in total. The molecule has 3 aromatic rings. The zero-order valence-electron chi connectivity index (χ0n) is 12.8. The second kappa shape index (κ2) is 5.79. The summed E-state index contributed by atoms with van der Waals surface area (Å²) in [7, 11) is 0. The van der Waals surface area contributed by atoms with Crippen LogP contribution in [0.4, 0.5) is 4.39 Å². The Morgan fingerprint density at radius 1 is 1.08 bits per heavy atom. The average molecular weight is 330 g/mol. The van der Waals surface area contributed by atoms with Gasteiger partial charge in [0.2, 0.25) is 0 Å². The van der Waals surface area contributed by atoms with Gasteiger partial charge in [-0.1, -0.05) is 0 Å². The lowest BCUT2D eigenvalue weighted by atomic mass is 10.1. The first kappa shape index (κ1) is 15.0. The number of phenolic OH excluding ortho intramolecular Hbond substituents is 1. The van der Waals surface area contributed by atoms with Crippen LogP contribution in [0.15, 0.2) is 39.5 Å². The summed E-state index contributed by atoms with van der Waals surface area (Å²) >= 11 is 0. The van der Waals surface area contributed by atoms with E-state index < -0.39 is 11.4 Å². The van der Waals surface area contributed by atoms with Crippen molar-refractivity contribution in [1.29, 1.82) is 0 Å². The van der Waals surface area contributed by atoms with Crippen molar-refractivity contribution in [3.05, 3.63) is 46.6 Å². The minimum absolute atomic E-state index is 0.0232. The van der Waals surface area contributed by atoms with Gasteiger partial charge in [-0.05, 0) is 24.3 Å². The van der Waals surface area contributed by atoms with Gasteiger partial charge in [0.15, 0.2) is 11.6 Å². The van der Waals surface area contributed by atoms with E-state index in [1.54, 1.807) is 6.07 Å². The summed E-state index contributed by atoms with van der Waals surface area (Å²) in [5.41, 5.74) is -0.384. The van der Waals surface area contributed by atoms with E-state index in [0.29, 0.717) is 36.8 Å². The fourth-order valence-electron chi connectivity index (χ4n) is 2.98. The highest BCUT2D eigenvalue weighted by Gasteiger charge is 2.19. The topological polar surface area (TPSA) is 68.9 Å². The van der Waals surface area contributed by atoms with Crippen molar-refractivity contribution in [3.8, 4) is 11.5 Å². The van der Waals surface area contributed by atoms with E-state index in [4.69, 9.17) is 13.9 Å². The van der Waals surface area contributed by atoms with Crippen molar-refractivity contribution in [1.82, 2.24) is 0 Å². The van der Waals surface area contributed by atoms with Crippen LogP contribution < -0.4 is 10.4 Å². The van der Waals surface area contributed by atoms with Crippen LogP contribution in [0.25, 0.3) is 21.7 Å². The molecule has 0 spiro atoms. The van der Waals surface area contributed by atoms with Gasteiger partial charge in [0, 0.05) is 29.7 Å². The third-order valence-corrected chi connectivity index (χ3v) is 4.21. The van der Waals surface area contributed by atoms with Crippen molar-refractivity contribution in [2.24, 2.45) is 0 Å². The van der Waals surface area contributed by atoms with E-state index >= 15 is 0 Å².